The van der Waals surface area contributed by atoms with Gasteiger partial charge in [0, 0.05) is 25.7 Å². The maximum atomic E-state index is 9.04. The number of aliphatic hydroxyl groups is 1. The quantitative estimate of drug-likeness (QED) is 0.680. The Morgan fingerprint density at radius 3 is 2.57 bits per heavy atom. The lowest BCUT2D eigenvalue weighted by molar-refractivity contribution is 0.288. The minimum absolute atomic E-state index is 0.146. The lowest BCUT2D eigenvalue weighted by Gasteiger charge is -2.26. The molecule has 0 unspecified atom stereocenters. The number of rotatable bonds is 10. The summed E-state index contributed by atoms with van der Waals surface area (Å²) in [4.78, 5) is 15.1. The summed E-state index contributed by atoms with van der Waals surface area (Å²) in [6, 6.07) is 0.559. The SMILES string of the molecule is CCCNc1nc(OCC)nc(N(CCCO)C(C)C)n1. The van der Waals surface area contributed by atoms with Crippen LogP contribution in [0.3, 0.4) is 0 Å². The van der Waals surface area contributed by atoms with E-state index in [0.29, 0.717) is 37.5 Å². The van der Waals surface area contributed by atoms with Gasteiger partial charge < -0.3 is 20.1 Å². The number of anilines is 2. The van der Waals surface area contributed by atoms with Gasteiger partial charge in [-0.3, -0.25) is 0 Å². The summed E-state index contributed by atoms with van der Waals surface area (Å²) in [6.45, 7) is 10.3. The molecule has 1 rings (SSSR count). The zero-order chi connectivity index (χ0) is 15.7. The van der Waals surface area contributed by atoms with Crippen LogP contribution in [0.5, 0.6) is 6.01 Å². The molecular formula is C14H27N5O2. The van der Waals surface area contributed by atoms with E-state index < -0.39 is 0 Å². The highest BCUT2D eigenvalue weighted by molar-refractivity contribution is 5.39. The van der Waals surface area contributed by atoms with Crippen LogP contribution in [0.15, 0.2) is 0 Å². The number of hydrogen-bond donors (Lipinski definition) is 2. The van der Waals surface area contributed by atoms with E-state index in [2.05, 4.69) is 41.0 Å². The summed E-state index contributed by atoms with van der Waals surface area (Å²) in [6.07, 6.45) is 1.66. The fourth-order valence-electron chi connectivity index (χ4n) is 1.81. The molecule has 0 amide bonds. The second-order valence-corrected chi connectivity index (χ2v) is 4.97. The summed E-state index contributed by atoms with van der Waals surface area (Å²) in [5.41, 5.74) is 0. The molecule has 7 heteroatoms. The van der Waals surface area contributed by atoms with Crippen molar-refractivity contribution in [3.05, 3.63) is 0 Å². The predicted molar refractivity (Wildman–Crippen MR) is 84.0 cm³/mol. The van der Waals surface area contributed by atoms with Gasteiger partial charge in [-0.05, 0) is 33.6 Å². The van der Waals surface area contributed by atoms with E-state index >= 15 is 0 Å². The van der Waals surface area contributed by atoms with Crippen molar-refractivity contribution in [1.82, 2.24) is 15.0 Å². The van der Waals surface area contributed by atoms with Crippen LogP contribution in [-0.4, -0.2) is 52.4 Å². The first kappa shape index (κ1) is 17.4. The third kappa shape index (κ3) is 5.71. The number of ether oxygens (including phenoxy) is 1. The molecule has 0 aliphatic carbocycles. The summed E-state index contributed by atoms with van der Waals surface area (Å²) >= 11 is 0. The summed E-state index contributed by atoms with van der Waals surface area (Å²) in [5.74, 6) is 1.11. The zero-order valence-corrected chi connectivity index (χ0v) is 13.5. The smallest absolute Gasteiger partial charge is 0.323 e. The van der Waals surface area contributed by atoms with Crippen LogP contribution in [0.25, 0.3) is 0 Å². The van der Waals surface area contributed by atoms with Gasteiger partial charge >= 0.3 is 6.01 Å². The molecule has 0 aromatic carbocycles. The Bertz CT molecular complexity index is 414. The fourth-order valence-corrected chi connectivity index (χ4v) is 1.81. The van der Waals surface area contributed by atoms with Crippen LogP contribution in [0.1, 0.15) is 40.5 Å². The van der Waals surface area contributed by atoms with Crippen molar-refractivity contribution in [2.45, 2.75) is 46.6 Å². The van der Waals surface area contributed by atoms with E-state index in [0.717, 1.165) is 13.0 Å². The predicted octanol–water partition coefficient (Wildman–Crippen LogP) is 1.69. The molecule has 1 heterocycles. The molecule has 1 aromatic rings. The van der Waals surface area contributed by atoms with E-state index in [9.17, 15) is 0 Å². The number of aliphatic hydroxyl groups excluding tert-OH is 1. The first-order chi connectivity index (χ1) is 10.1. The number of nitrogens with one attached hydrogen (secondary N) is 1. The van der Waals surface area contributed by atoms with Crippen molar-refractivity contribution in [2.75, 3.05) is 36.5 Å². The molecule has 0 radical (unpaired) electrons. The van der Waals surface area contributed by atoms with Gasteiger partial charge in [0.05, 0.1) is 6.61 Å². The van der Waals surface area contributed by atoms with Crippen molar-refractivity contribution >= 4 is 11.9 Å². The third-order valence-electron chi connectivity index (χ3n) is 2.85. The van der Waals surface area contributed by atoms with Gasteiger partial charge in [0.15, 0.2) is 0 Å². The number of hydrogen-bond acceptors (Lipinski definition) is 7. The molecule has 1 aromatic heterocycles. The first-order valence-corrected chi connectivity index (χ1v) is 7.62. The van der Waals surface area contributed by atoms with Crippen LogP contribution in [0, 0.1) is 0 Å². The van der Waals surface area contributed by atoms with Crippen molar-refractivity contribution in [2.24, 2.45) is 0 Å². The Balaban J connectivity index is 3.02. The van der Waals surface area contributed by atoms with E-state index in [1.54, 1.807) is 0 Å². The molecular weight excluding hydrogens is 270 g/mol. The van der Waals surface area contributed by atoms with Gasteiger partial charge in [0.1, 0.15) is 0 Å². The van der Waals surface area contributed by atoms with Gasteiger partial charge in [0.25, 0.3) is 0 Å². The van der Waals surface area contributed by atoms with Gasteiger partial charge in [-0.2, -0.15) is 15.0 Å². The topological polar surface area (TPSA) is 83.4 Å². The molecule has 0 aliphatic heterocycles. The maximum absolute atomic E-state index is 9.04. The van der Waals surface area contributed by atoms with Crippen molar-refractivity contribution in [1.29, 1.82) is 0 Å². The van der Waals surface area contributed by atoms with Crippen molar-refractivity contribution < 1.29 is 9.84 Å². The molecule has 7 nitrogen and oxygen atoms in total. The average Bonchev–Trinajstić information content (AvgIpc) is 2.45. The lowest BCUT2D eigenvalue weighted by atomic mass is 10.3. The molecule has 0 fully saturated rings. The highest BCUT2D eigenvalue weighted by atomic mass is 16.5. The van der Waals surface area contributed by atoms with E-state index in [4.69, 9.17) is 9.84 Å². The minimum Gasteiger partial charge on any atom is -0.464 e. The van der Waals surface area contributed by atoms with E-state index in [1.807, 2.05) is 11.8 Å². The molecule has 0 saturated carbocycles. The van der Waals surface area contributed by atoms with Crippen molar-refractivity contribution in [3.8, 4) is 6.01 Å². The van der Waals surface area contributed by atoms with E-state index in [1.165, 1.54) is 0 Å². The van der Waals surface area contributed by atoms with Crippen LogP contribution < -0.4 is 15.0 Å². The maximum Gasteiger partial charge on any atom is 0.323 e. The first-order valence-electron chi connectivity index (χ1n) is 7.62. The molecule has 2 N–H and O–H groups in total. The number of nitrogens with zero attached hydrogens (tertiary/aromatic N) is 4. The minimum atomic E-state index is 0.146. The molecule has 0 bridgehead atoms. The Kier molecular flexibility index (Phi) is 7.74. The largest absolute Gasteiger partial charge is 0.464 e. The number of aromatic nitrogens is 3. The average molecular weight is 297 g/mol. The molecule has 21 heavy (non-hydrogen) atoms. The molecule has 0 atom stereocenters. The second-order valence-electron chi connectivity index (χ2n) is 4.97. The van der Waals surface area contributed by atoms with Gasteiger partial charge in [0.2, 0.25) is 11.9 Å². The fraction of sp³-hybridized carbons (Fsp3) is 0.786. The Hall–Kier alpha value is -1.63. The molecule has 0 spiro atoms. The summed E-state index contributed by atoms with van der Waals surface area (Å²) < 4.78 is 5.42. The lowest BCUT2D eigenvalue weighted by Crippen LogP contribution is -2.34. The van der Waals surface area contributed by atoms with Gasteiger partial charge in [-0.15, -0.1) is 0 Å². The summed E-state index contributed by atoms with van der Waals surface area (Å²) in [5, 5.41) is 12.2. The molecule has 120 valence electrons. The zero-order valence-electron chi connectivity index (χ0n) is 13.5. The standard InChI is InChI=1S/C14H27N5O2/c1-5-8-15-12-16-13(18-14(17-12)21-6-2)19(11(3)4)9-7-10-20/h11,20H,5-10H2,1-4H3,(H,15,16,17,18). The van der Waals surface area contributed by atoms with Crippen LogP contribution in [0.4, 0.5) is 11.9 Å². The third-order valence-corrected chi connectivity index (χ3v) is 2.85. The van der Waals surface area contributed by atoms with E-state index in [-0.39, 0.29) is 12.6 Å². The van der Waals surface area contributed by atoms with Gasteiger partial charge in [-0.25, -0.2) is 0 Å². The normalized spacial score (nSPS) is 10.8. The summed E-state index contributed by atoms with van der Waals surface area (Å²) in [7, 11) is 0. The van der Waals surface area contributed by atoms with Gasteiger partial charge in [-0.1, -0.05) is 6.92 Å². The van der Waals surface area contributed by atoms with Crippen LogP contribution in [-0.2, 0) is 0 Å². The Morgan fingerprint density at radius 1 is 1.24 bits per heavy atom. The highest BCUT2D eigenvalue weighted by Crippen LogP contribution is 2.17. The molecule has 0 aliphatic rings. The second kappa shape index (κ2) is 9.33. The monoisotopic (exact) mass is 297 g/mol. The Morgan fingerprint density at radius 2 is 2.00 bits per heavy atom. The highest BCUT2D eigenvalue weighted by Gasteiger charge is 2.16. The van der Waals surface area contributed by atoms with Crippen LogP contribution in [0.2, 0.25) is 0 Å². The Labute approximate surface area is 126 Å². The van der Waals surface area contributed by atoms with Crippen molar-refractivity contribution in [3.63, 3.8) is 0 Å². The van der Waals surface area contributed by atoms with Crippen LogP contribution >= 0.6 is 0 Å². The molecule has 0 saturated heterocycles.